The van der Waals surface area contributed by atoms with Gasteiger partial charge in [-0.25, -0.2) is 12.8 Å². The van der Waals surface area contributed by atoms with Crippen molar-refractivity contribution in [1.82, 2.24) is 14.1 Å². The Morgan fingerprint density at radius 2 is 1.23 bits per heavy atom. The van der Waals surface area contributed by atoms with Crippen LogP contribution in [0.3, 0.4) is 0 Å². The van der Waals surface area contributed by atoms with Gasteiger partial charge in [-0.3, -0.25) is 9.69 Å². The lowest BCUT2D eigenvalue weighted by Gasteiger charge is -2.40. The molecule has 206 valence electrons. The van der Waals surface area contributed by atoms with Crippen LogP contribution < -0.4 is 0 Å². The molecule has 1 aliphatic heterocycles. The number of carbonyl (C=O) groups is 1. The first-order valence-electron chi connectivity index (χ1n) is 13.3. The summed E-state index contributed by atoms with van der Waals surface area (Å²) in [5, 5.41) is 0. The third kappa shape index (κ3) is 6.47. The van der Waals surface area contributed by atoms with E-state index in [1.54, 1.807) is 35.2 Å². The minimum Gasteiger partial charge on any atom is -0.339 e. The Balaban J connectivity index is 1.31. The fourth-order valence-corrected chi connectivity index (χ4v) is 6.52. The first kappa shape index (κ1) is 27.7. The van der Waals surface area contributed by atoms with Crippen molar-refractivity contribution in [3.8, 4) is 0 Å². The van der Waals surface area contributed by atoms with Gasteiger partial charge in [0.1, 0.15) is 5.82 Å². The summed E-state index contributed by atoms with van der Waals surface area (Å²) < 4.78 is 41.8. The van der Waals surface area contributed by atoms with E-state index < -0.39 is 15.8 Å². The minimum absolute atomic E-state index is 0.0344. The van der Waals surface area contributed by atoms with Crippen molar-refractivity contribution in [3.63, 3.8) is 0 Å². The van der Waals surface area contributed by atoms with Gasteiger partial charge in [0, 0.05) is 32.7 Å². The van der Waals surface area contributed by atoms with E-state index >= 15 is 0 Å². The highest BCUT2D eigenvalue weighted by molar-refractivity contribution is 7.89. The van der Waals surface area contributed by atoms with E-state index in [1.807, 2.05) is 36.4 Å². The number of amides is 1. The number of piperazine rings is 1. The van der Waals surface area contributed by atoms with E-state index in [2.05, 4.69) is 29.2 Å². The van der Waals surface area contributed by atoms with Gasteiger partial charge in [0.15, 0.2) is 0 Å². The van der Waals surface area contributed by atoms with Gasteiger partial charge >= 0.3 is 0 Å². The number of hydrogen-bond acceptors (Lipinski definition) is 4. The molecule has 0 aromatic heterocycles. The molecule has 1 heterocycles. The maximum absolute atomic E-state index is 13.5. The second kappa shape index (κ2) is 12.6. The molecule has 8 heteroatoms. The Kier molecular flexibility index (Phi) is 8.69. The average molecular weight is 558 g/mol. The molecule has 1 aliphatic rings. The van der Waals surface area contributed by atoms with E-state index in [0.29, 0.717) is 31.7 Å². The topological polar surface area (TPSA) is 60.9 Å². The zero-order valence-corrected chi connectivity index (χ0v) is 23.0. The molecule has 0 unspecified atom stereocenters. The third-order valence-electron chi connectivity index (χ3n) is 7.23. The van der Waals surface area contributed by atoms with Crippen LogP contribution in [0.2, 0.25) is 0 Å². The molecular weight excluding hydrogens is 525 g/mol. The number of rotatable bonds is 9. The summed E-state index contributed by atoms with van der Waals surface area (Å²) in [6.07, 6.45) is 0. The maximum atomic E-state index is 13.5. The fraction of sp³-hybridized carbons (Fsp3) is 0.219. The molecule has 4 aromatic carbocycles. The van der Waals surface area contributed by atoms with Crippen molar-refractivity contribution in [2.75, 3.05) is 32.7 Å². The summed E-state index contributed by atoms with van der Waals surface area (Å²) >= 11 is 0. The van der Waals surface area contributed by atoms with Crippen LogP contribution in [0.25, 0.3) is 0 Å². The van der Waals surface area contributed by atoms with E-state index in [0.717, 1.165) is 0 Å². The van der Waals surface area contributed by atoms with Gasteiger partial charge in [0.05, 0.1) is 17.5 Å². The average Bonchev–Trinajstić information content (AvgIpc) is 3.00. The predicted molar refractivity (Wildman–Crippen MR) is 153 cm³/mol. The monoisotopic (exact) mass is 557 g/mol. The molecule has 1 saturated heterocycles. The molecular formula is C32H32FN3O3S. The van der Waals surface area contributed by atoms with Crippen LogP contribution in [-0.2, 0) is 21.4 Å². The quantitative estimate of drug-likeness (QED) is 0.292. The molecule has 1 amide bonds. The van der Waals surface area contributed by atoms with Crippen LogP contribution in [0.1, 0.15) is 22.7 Å². The zero-order chi connectivity index (χ0) is 28.0. The zero-order valence-electron chi connectivity index (χ0n) is 22.1. The van der Waals surface area contributed by atoms with E-state index in [9.17, 15) is 17.6 Å². The molecule has 0 aliphatic carbocycles. The van der Waals surface area contributed by atoms with Crippen molar-refractivity contribution < 1.29 is 17.6 Å². The van der Waals surface area contributed by atoms with Crippen LogP contribution in [0.5, 0.6) is 0 Å². The van der Waals surface area contributed by atoms with Gasteiger partial charge in [-0.15, -0.1) is 0 Å². The summed E-state index contributed by atoms with van der Waals surface area (Å²) in [6.45, 7) is 1.96. The molecule has 0 spiro atoms. The number of sulfonamides is 1. The lowest BCUT2D eigenvalue weighted by molar-refractivity contribution is -0.133. The number of hydrogen-bond donors (Lipinski definition) is 0. The van der Waals surface area contributed by atoms with Gasteiger partial charge in [-0.1, -0.05) is 91.0 Å². The van der Waals surface area contributed by atoms with Gasteiger partial charge < -0.3 is 4.90 Å². The first-order chi connectivity index (χ1) is 19.4. The molecule has 0 saturated carbocycles. The Hall–Kier alpha value is -3.85. The third-order valence-corrected chi connectivity index (χ3v) is 9.03. The highest BCUT2D eigenvalue weighted by Gasteiger charge is 2.32. The summed E-state index contributed by atoms with van der Waals surface area (Å²) in [7, 11) is -3.96. The van der Waals surface area contributed by atoms with Gasteiger partial charge in [-0.2, -0.15) is 4.31 Å². The highest BCUT2D eigenvalue weighted by Crippen LogP contribution is 2.29. The normalized spacial score (nSPS) is 14.5. The van der Waals surface area contributed by atoms with Crippen LogP contribution in [-0.4, -0.2) is 61.2 Å². The van der Waals surface area contributed by atoms with Crippen molar-refractivity contribution >= 4 is 15.9 Å². The molecule has 40 heavy (non-hydrogen) atoms. The van der Waals surface area contributed by atoms with E-state index in [1.165, 1.54) is 39.7 Å². The molecule has 0 bridgehead atoms. The smallest absolute Gasteiger partial charge is 0.243 e. The van der Waals surface area contributed by atoms with Crippen LogP contribution in [0, 0.1) is 5.82 Å². The van der Waals surface area contributed by atoms with Crippen LogP contribution in [0.15, 0.2) is 120 Å². The van der Waals surface area contributed by atoms with Gasteiger partial charge in [-0.05, 0) is 41.0 Å². The summed E-state index contributed by atoms with van der Waals surface area (Å²) in [5.74, 6) is -0.656. The number of benzene rings is 4. The molecule has 6 nitrogen and oxygen atoms in total. The van der Waals surface area contributed by atoms with Gasteiger partial charge in [0.2, 0.25) is 15.9 Å². The highest BCUT2D eigenvalue weighted by atomic mass is 32.2. The second-order valence-corrected chi connectivity index (χ2v) is 11.8. The Labute approximate surface area is 235 Å². The fourth-order valence-electron chi connectivity index (χ4n) is 5.13. The van der Waals surface area contributed by atoms with Crippen molar-refractivity contribution in [1.29, 1.82) is 0 Å². The van der Waals surface area contributed by atoms with Crippen molar-refractivity contribution in [2.24, 2.45) is 0 Å². The lowest BCUT2D eigenvalue weighted by Crippen LogP contribution is -2.52. The standard InChI is InChI=1S/C32H32FN3O3S/c33-29-18-16-26(17-19-29)24-36(40(38,39)30-14-8-3-9-15-30)25-31(37)34-20-22-35(23-21-34)32(27-10-4-1-5-11-27)28-12-6-2-7-13-28/h1-19,32H,20-25H2. The molecule has 0 radical (unpaired) electrons. The number of nitrogens with zero attached hydrogens (tertiary/aromatic N) is 3. The van der Waals surface area contributed by atoms with Crippen LogP contribution in [0.4, 0.5) is 4.39 Å². The maximum Gasteiger partial charge on any atom is 0.243 e. The molecule has 4 aromatic rings. The summed E-state index contributed by atoms with van der Waals surface area (Å²) in [6, 6.07) is 34.4. The minimum atomic E-state index is -3.96. The molecule has 0 atom stereocenters. The van der Waals surface area contributed by atoms with Crippen molar-refractivity contribution in [2.45, 2.75) is 17.5 Å². The number of carbonyl (C=O) groups excluding carboxylic acids is 1. The lowest BCUT2D eigenvalue weighted by atomic mass is 9.96. The Bertz CT molecular complexity index is 1450. The molecule has 5 rings (SSSR count). The summed E-state index contributed by atoms with van der Waals surface area (Å²) in [4.78, 5) is 17.7. The molecule has 1 fully saturated rings. The van der Waals surface area contributed by atoms with Gasteiger partial charge in [0.25, 0.3) is 0 Å². The SMILES string of the molecule is O=C(CN(Cc1ccc(F)cc1)S(=O)(=O)c1ccccc1)N1CCN(C(c2ccccc2)c2ccccc2)CC1. The number of halogens is 1. The summed E-state index contributed by atoms with van der Waals surface area (Å²) in [5.41, 5.74) is 2.98. The Morgan fingerprint density at radius 3 is 1.75 bits per heavy atom. The van der Waals surface area contributed by atoms with Crippen LogP contribution >= 0.6 is 0 Å². The Morgan fingerprint density at radius 1 is 0.725 bits per heavy atom. The first-order valence-corrected chi connectivity index (χ1v) is 14.8. The van der Waals surface area contributed by atoms with E-state index in [4.69, 9.17) is 0 Å². The largest absolute Gasteiger partial charge is 0.339 e. The van der Waals surface area contributed by atoms with E-state index in [-0.39, 0.29) is 29.9 Å². The molecule has 0 N–H and O–H groups in total. The van der Waals surface area contributed by atoms with Crippen molar-refractivity contribution in [3.05, 3.63) is 138 Å². The predicted octanol–water partition coefficient (Wildman–Crippen LogP) is 4.95. The second-order valence-electron chi connectivity index (χ2n) is 9.85.